The fraction of sp³-hybridized carbons (Fsp3) is 0.375. The highest BCUT2D eigenvalue weighted by atomic mass is 19.4. The van der Waals surface area contributed by atoms with E-state index in [0.29, 0.717) is 10.7 Å². The Labute approximate surface area is 146 Å². The summed E-state index contributed by atoms with van der Waals surface area (Å²) in [6, 6.07) is 3.48. The summed E-state index contributed by atoms with van der Waals surface area (Å²) in [6.07, 6.45) is 1.83. The van der Waals surface area contributed by atoms with Crippen molar-refractivity contribution >= 4 is 11.8 Å². The number of carbonyl (C=O) groups excluding carboxylic acids is 2. The van der Waals surface area contributed by atoms with E-state index in [-0.39, 0.29) is 19.5 Å². The van der Waals surface area contributed by atoms with Gasteiger partial charge in [0.15, 0.2) is 0 Å². The number of carbonyl (C=O) groups is 2. The molecule has 26 heavy (non-hydrogen) atoms. The van der Waals surface area contributed by atoms with Crippen LogP contribution in [0.1, 0.15) is 12.0 Å². The van der Waals surface area contributed by atoms with Crippen molar-refractivity contribution in [2.45, 2.75) is 19.1 Å². The summed E-state index contributed by atoms with van der Waals surface area (Å²) < 4.78 is 39.0. The second-order valence-corrected chi connectivity index (χ2v) is 6.00. The van der Waals surface area contributed by atoms with Gasteiger partial charge in [-0.1, -0.05) is 0 Å². The third kappa shape index (κ3) is 4.38. The third-order valence-corrected chi connectivity index (χ3v) is 4.00. The van der Waals surface area contributed by atoms with Gasteiger partial charge in [-0.25, -0.2) is 9.97 Å². The lowest BCUT2D eigenvalue weighted by molar-refractivity contribution is -0.157. The smallest absolute Gasteiger partial charge is 0.352 e. The predicted octanol–water partition coefficient (Wildman–Crippen LogP) is 1.29. The highest BCUT2D eigenvalue weighted by molar-refractivity contribution is 5.89. The average Bonchev–Trinajstić information content (AvgIpc) is 3.22. The average molecular weight is 367 g/mol. The van der Waals surface area contributed by atoms with Crippen LogP contribution >= 0.6 is 0 Å². The number of halogens is 3. The fourth-order valence-electron chi connectivity index (χ4n) is 2.76. The van der Waals surface area contributed by atoms with Gasteiger partial charge >= 0.3 is 6.18 Å². The molecule has 1 N–H and O–H groups in total. The zero-order chi connectivity index (χ0) is 18.7. The number of nitrogens with zero attached hydrogens (tertiary/aromatic N) is 4. The van der Waals surface area contributed by atoms with Crippen LogP contribution in [0, 0.1) is 5.92 Å². The first-order valence-corrected chi connectivity index (χ1v) is 7.87. The van der Waals surface area contributed by atoms with Gasteiger partial charge in [-0.2, -0.15) is 13.2 Å². The van der Waals surface area contributed by atoms with Crippen molar-refractivity contribution in [2.24, 2.45) is 5.92 Å². The lowest BCUT2D eigenvalue weighted by Crippen LogP contribution is -2.37. The molecule has 138 valence electrons. The maximum atomic E-state index is 12.4. The van der Waals surface area contributed by atoms with Crippen molar-refractivity contribution in [3.63, 3.8) is 0 Å². The minimum absolute atomic E-state index is 0.188. The van der Waals surface area contributed by atoms with Gasteiger partial charge < -0.3 is 10.2 Å². The molecular weight excluding hydrogens is 351 g/mol. The van der Waals surface area contributed by atoms with Gasteiger partial charge in [0.05, 0.1) is 5.92 Å². The quantitative estimate of drug-likeness (QED) is 0.864. The van der Waals surface area contributed by atoms with Crippen LogP contribution in [0.4, 0.5) is 13.2 Å². The number of alkyl halides is 3. The first-order valence-electron chi connectivity index (χ1n) is 7.87. The molecule has 0 aliphatic carbocycles. The van der Waals surface area contributed by atoms with Gasteiger partial charge in [-0.15, -0.1) is 0 Å². The second-order valence-electron chi connectivity index (χ2n) is 6.00. The summed E-state index contributed by atoms with van der Waals surface area (Å²) in [6.45, 7) is -1.36. The molecule has 0 radical (unpaired) electrons. The Hall–Kier alpha value is -2.91. The number of hydrogen-bond acceptors (Lipinski definition) is 4. The van der Waals surface area contributed by atoms with E-state index in [1.807, 2.05) is 0 Å². The minimum Gasteiger partial charge on any atom is -0.352 e. The molecule has 7 nitrogen and oxygen atoms in total. The van der Waals surface area contributed by atoms with E-state index in [0.717, 1.165) is 5.56 Å². The molecule has 1 aliphatic heterocycles. The molecule has 0 unspecified atom stereocenters. The van der Waals surface area contributed by atoms with E-state index in [1.54, 1.807) is 41.6 Å². The number of rotatable bonds is 5. The zero-order valence-electron chi connectivity index (χ0n) is 13.6. The predicted molar refractivity (Wildman–Crippen MR) is 83.9 cm³/mol. The Morgan fingerprint density at radius 3 is 2.85 bits per heavy atom. The Balaban J connectivity index is 1.56. The van der Waals surface area contributed by atoms with Crippen LogP contribution in [0.15, 0.2) is 37.1 Å². The topological polar surface area (TPSA) is 80.1 Å². The van der Waals surface area contributed by atoms with Crippen molar-refractivity contribution in [3.8, 4) is 5.82 Å². The Kier molecular flexibility index (Phi) is 4.92. The maximum absolute atomic E-state index is 12.4. The Bertz CT molecular complexity index is 791. The van der Waals surface area contributed by atoms with Gasteiger partial charge in [0.2, 0.25) is 11.8 Å². The van der Waals surface area contributed by atoms with Crippen LogP contribution in [-0.2, 0) is 16.1 Å². The van der Waals surface area contributed by atoms with Crippen molar-refractivity contribution < 1.29 is 22.8 Å². The Morgan fingerprint density at radius 2 is 2.15 bits per heavy atom. The highest BCUT2D eigenvalue weighted by Crippen LogP contribution is 2.24. The molecule has 2 aromatic heterocycles. The Morgan fingerprint density at radius 1 is 1.35 bits per heavy atom. The van der Waals surface area contributed by atoms with E-state index in [9.17, 15) is 22.8 Å². The number of pyridine rings is 1. The molecule has 1 fully saturated rings. The van der Waals surface area contributed by atoms with Crippen LogP contribution in [0.25, 0.3) is 5.82 Å². The van der Waals surface area contributed by atoms with E-state index in [4.69, 9.17) is 0 Å². The summed E-state index contributed by atoms with van der Waals surface area (Å²) in [7, 11) is 0. The summed E-state index contributed by atoms with van der Waals surface area (Å²) >= 11 is 0. The molecule has 3 heterocycles. The number of imidazole rings is 1. The van der Waals surface area contributed by atoms with Crippen LogP contribution in [0.2, 0.25) is 0 Å². The number of amides is 2. The van der Waals surface area contributed by atoms with E-state index in [2.05, 4.69) is 15.3 Å². The fourth-order valence-corrected chi connectivity index (χ4v) is 2.76. The number of aromatic nitrogens is 3. The standard InChI is InChI=1S/C16H16F3N5O2/c17-16(18,19)9-24-8-12(6-14(24)25)15(26)22-7-11-1-2-21-13(5-11)23-4-3-20-10-23/h1-5,10,12H,6-9H2,(H,22,26)/t12-/m0/s1. The first kappa shape index (κ1) is 17.9. The molecular formula is C16H16F3N5O2. The van der Waals surface area contributed by atoms with E-state index < -0.39 is 30.5 Å². The first-order chi connectivity index (χ1) is 12.3. The summed E-state index contributed by atoms with van der Waals surface area (Å²) in [5.74, 6) is -1.25. The maximum Gasteiger partial charge on any atom is 0.406 e. The van der Waals surface area contributed by atoms with Gasteiger partial charge in [0.25, 0.3) is 0 Å². The molecule has 1 saturated heterocycles. The molecule has 0 bridgehead atoms. The van der Waals surface area contributed by atoms with Gasteiger partial charge in [-0.3, -0.25) is 14.2 Å². The van der Waals surface area contributed by atoms with E-state index in [1.165, 1.54) is 0 Å². The molecule has 1 aliphatic rings. The SMILES string of the molecule is O=C(NCc1ccnc(-n2ccnc2)c1)[C@H]1CC(=O)N(CC(F)(F)F)C1. The molecule has 0 aromatic carbocycles. The molecule has 2 aromatic rings. The molecule has 2 amide bonds. The van der Waals surface area contributed by atoms with Crippen LogP contribution in [-0.4, -0.2) is 50.5 Å². The van der Waals surface area contributed by atoms with Gasteiger partial charge in [-0.05, 0) is 17.7 Å². The van der Waals surface area contributed by atoms with Crippen LogP contribution in [0.5, 0.6) is 0 Å². The van der Waals surface area contributed by atoms with Gasteiger partial charge in [0, 0.05) is 38.1 Å². The second kappa shape index (κ2) is 7.14. The number of hydrogen-bond donors (Lipinski definition) is 1. The molecule has 0 saturated carbocycles. The van der Waals surface area contributed by atoms with Crippen molar-refractivity contribution in [1.82, 2.24) is 24.8 Å². The largest absolute Gasteiger partial charge is 0.406 e. The number of nitrogens with one attached hydrogen (secondary N) is 1. The zero-order valence-corrected chi connectivity index (χ0v) is 13.6. The molecule has 0 spiro atoms. The minimum atomic E-state index is -4.47. The van der Waals surface area contributed by atoms with E-state index >= 15 is 0 Å². The summed E-state index contributed by atoms with van der Waals surface area (Å²) in [5, 5.41) is 2.67. The normalized spacial score (nSPS) is 17.6. The van der Waals surface area contributed by atoms with Crippen molar-refractivity contribution in [1.29, 1.82) is 0 Å². The van der Waals surface area contributed by atoms with Crippen molar-refractivity contribution in [2.75, 3.05) is 13.1 Å². The summed E-state index contributed by atoms with van der Waals surface area (Å²) in [4.78, 5) is 32.6. The van der Waals surface area contributed by atoms with Crippen molar-refractivity contribution in [3.05, 3.63) is 42.6 Å². The molecule has 1 atom stereocenters. The molecule has 3 rings (SSSR count). The lowest BCUT2D eigenvalue weighted by Gasteiger charge is -2.18. The highest BCUT2D eigenvalue weighted by Gasteiger charge is 2.40. The number of likely N-dealkylation sites (tertiary alicyclic amines) is 1. The van der Waals surface area contributed by atoms with Gasteiger partial charge in [0.1, 0.15) is 18.7 Å². The van der Waals surface area contributed by atoms with Crippen LogP contribution < -0.4 is 5.32 Å². The third-order valence-electron chi connectivity index (χ3n) is 4.00. The monoisotopic (exact) mass is 367 g/mol. The summed E-state index contributed by atoms with van der Waals surface area (Å²) in [5.41, 5.74) is 0.772. The lowest BCUT2D eigenvalue weighted by atomic mass is 10.1. The van der Waals surface area contributed by atoms with Crippen LogP contribution in [0.3, 0.4) is 0 Å². The molecule has 10 heteroatoms.